The fourth-order valence-electron chi connectivity index (χ4n) is 2.41. The van der Waals surface area contributed by atoms with Crippen LogP contribution in [0.4, 0.5) is 5.69 Å². The van der Waals surface area contributed by atoms with E-state index in [0.717, 1.165) is 5.56 Å². The van der Waals surface area contributed by atoms with Crippen molar-refractivity contribution in [3.8, 4) is 11.5 Å². The van der Waals surface area contributed by atoms with Gasteiger partial charge >= 0.3 is 11.9 Å². The monoisotopic (exact) mass is 389 g/mol. The van der Waals surface area contributed by atoms with Crippen LogP contribution in [0, 0.1) is 0 Å². The van der Waals surface area contributed by atoms with Gasteiger partial charge in [-0.25, -0.2) is 5.48 Å². The predicted molar refractivity (Wildman–Crippen MR) is 102 cm³/mol. The zero-order chi connectivity index (χ0) is 20.9. The van der Waals surface area contributed by atoms with Crippen molar-refractivity contribution in [1.82, 2.24) is 0 Å². The van der Waals surface area contributed by atoms with Crippen molar-refractivity contribution >= 4 is 17.6 Å². The van der Waals surface area contributed by atoms with Gasteiger partial charge in [-0.3, -0.25) is 9.59 Å². The molecule has 9 nitrogen and oxygen atoms in total. The van der Waals surface area contributed by atoms with E-state index < -0.39 is 23.5 Å². The van der Waals surface area contributed by atoms with Crippen LogP contribution in [0.1, 0.15) is 18.1 Å². The number of anilines is 1. The number of aromatic hydroxyl groups is 1. The van der Waals surface area contributed by atoms with Crippen LogP contribution in [0.5, 0.6) is 11.5 Å². The van der Waals surface area contributed by atoms with Crippen LogP contribution < -0.4 is 21.8 Å². The third-order valence-electron chi connectivity index (χ3n) is 4.09. The fourth-order valence-corrected chi connectivity index (χ4v) is 2.41. The Labute approximate surface area is 161 Å². The molecule has 2 aromatic rings. The normalized spacial score (nSPS) is 14.0. The van der Waals surface area contributed by atoms with Crippen LogP contribution in [0.2, 0.25) is 0 Å². The second-order valence-electron chi connectivity index (χ2n) is 6.75. The molecule has 0 aliphatic heterocycles. The van der Waals surface area contributed by atoms with Crippen molar-refractivity contribution in [3.05, 3.63) is 53.6 Å². The molecule has 150 valence electrons. The van der Waals surface area contributed by atoms with E-state index in [0.29, 0.717) is 11.3 Å². The maximum Gasteiger partial charge on any atom is 0.323 e. The minimum absolute atomic E-state index is 0.0531. The molecular weight excluding hydrogens is 366 g/mol. The number of nitrogens with two attached hydrogens (primary N) is 2. The Morgan fingerprint density at radius 2 is 1.75 bits per heavy atom. The number of hydrogen-bond acceptors (Lipinski definition) is 7. The molecule has 0 heterocycles. The van der Waals surface area contributed by atoms with Gasteiger partial charge in [-0.15, -0.1) is 0 Å². The van der Waals surface area contributed by atoms with E-state index in [9.17, 15) is 14.7 Å². The number of nitrogens with one attached hydrogen (secondary N) is 1. The van der Waals surface area contributed by atoms with E-state index in [2.05, 4.69) is 5.48 Å². The third-order valence-corrected chi connectivity index (χ3v) is 4.09. The number of aliphatic carboxylic acids is 2. The molecule has 2 aromatic carbocycles. The summed E-state index contributed by atoms with van der Waals surface area (Å²) in [4.78, 5) is 27.3. The highest BCUT2D eigenvalue weighted by molar-refractivity contribution is 5.78. The fraction of sp³-hybridized carbons (Fsp3) is 0.263. The van der Waals surface area contributed by atoms with Crippen LogP contribution in [0.15, 0.2) is 42.5 Å². The van der Waals surface area contributed by atoms with Gasteiger partial charge in [-0.2, -0.15) is 0 Å². The summed E-state index contributed by atoms with van der Waals surface area (Å²) < 4.78 is 0. The Hall–Kier alpha value is -3.30. The van der Waals surface area contributed by atoms with Gasteiger partial charge in [0.15, 0.2) is 11.5 Å². The Balaban J connectivity index is 2.03. The van der Waals surface area contributed by atoms with Crippen molar-refractivity contribution in [3.63, 3.8) is 0 Å². The molecule has 0 aliphatic rings. The molecule has 0 bridgehead atoms. The van der Waals surface area contributed by atoms with Crippen LogP contribution in [-0.2, 0) is 22.4 Å². The number of hydrogen-bond donors (Lipinski definition) is 6. The number of phenolic OH excluding ortho intramolecular Hbond substituents is 1. The Bertz CT molecular complexity index is 851. The summed E-state index contributed by atoms with van der Waals surface area (Å²) in [6.07, 6.45) is 0.248. The van der Waals surface area contributed by atoms with E-state index in [1.165, 1.54) is 19.1 Å². The highest BCUT2D eigenvalue weighted by Gasteiger charge is 2.28. The first-order valence-corrected chi connectivity index (χ1v) is 8.43. The molecule has 8 N–H and O–H groups in total. The van der Waals surface area contributed by atoms with Crippen molar-refractivity contribution in [2.45, 2.75) is 31.3 Å². The third kappa shape index (κ3) is 5.60. The summed E-state index contributed by atoms with van der Waals surface area (Å²) in [5.74, 6) is -2.23. The molecule has 0 saturated carbocycles. The van der Waals surface area contributed by atoms with E-state index in [1.807, 2.05) is 0 Å². The zero-order valence-electron chi connectivity index (χ0n) is 15.3. The van der Waals surface area contributed by atoms with Crippen molar-refractivity contribution in [2.75, 3.05) is 5.48 Å². The van der Waals surface area contributed by atoms with Crippen LogP contribution >= 0.6 is 0 Å². The van der Waals surface area contributed by atoms with Gasteiger partial charge in [-0.1, -0.05) is 18.2 Å². The number of carboxylic acid groups (broad SMARTS) is 2. The van der Waals surface area contributed by atoms with E-state index in [4.69, 9.17) is 26.5 Å². The lowest BCUT2D eigenvalue weighted by atomic mass is 9.94. The number of phenols is 1. The Morgan fingerprint density at radius 1 is 1.14 bits per heavy atom. The molecule has 0 aliphatic carbocycles. The first kappa shape index (κ1) is 21.0. The molecule has 0 fully saturated rings. The molecule has 0 aromatic heterocycles. The van der Waals surface area contributed by atoms with Gasteiger partial charge in [0, 0.05) is 6.42 Å². The van der Waals surface area contributed by atoms with Crippen LogP contribution in [0.3, 0.4) is 0 Å². The van der Waals surface area contributed by atoms with Crippen LogP contribution in [-0.4, -0.2) is 38.8 Å². The van der Waals surface area contributed by atoms with E-state index in [-0.39, 0.29) is 24.3 Å². The average Bonchev–Trinajstić information content (AvgIpc) is 2.62. The number of rotatable bonds is 9. The van der Waals surface area contributed by atoms with E-state index in [1.54, 1.807) is 30.3 Å². The summed E-state index contributed by atoms with van der Waals surface area (Å²) in [6, 6.07) is 10.2. The quantitative estimate of drug-likeness (QED) is 0.344. The predicted octanol–water partition coefficient (Wildman–Crippen LogP) is 1.10. The summed E-state index contributed by atoms with van der Waals surface area (Å²) >= 11 is 0. The van der Waals surface area contributed by atoms with E-state index >= 15 is 0 Å². The highest BCUT2D eigenvalue weighted by atomic mass is 16.6. The topological polar surface area (TPSA) is 168 Å². The van der Waals surface area contributed by atoms with Crippen molar-refractivity contribution in [1.29, 1.82) is 0 Å². The van der Waals surface area contributed by atoms with Crippen molar-refractivity contribution < 1.29 is 29.7 Å². The molecule has 0 saturated heterocycles. The second kappa shape index (κ2) is 8.59. The number of carbonyl (C=O) groups is 2. The highest BCUT2D eigenvalue weighted by Crippen LogP contribution is 2.28. The SMILES string of the molecule is CC(N)(Cc1ccc(O)c(ONc2ccc(C[C@H](N)C(=O)O)cc2)c1)C(=O)O. The Morgan fingerprint density at radius 3 is 2.32 bits per heavy atom. The number of carboxylic acids is 2. The van der Waals surface area contributed by atoms with Gasteiger partial charge in [0.2, 0.25) is 0 Å². The van der Waals surface area contributed by atoms with Gasteiger partial charge in [-0.05, 0) is 48.7 Å². The van der Waals surface area contributed by atoms with Gasteiger partial charge < -0.3 is 31.6 Å². The minimum Gasteiger partial charge on any atom is -0.504 e. The van der Waals surface area contributed by atoms with Crippen LogP contribution in [0.25, 0.3) is 0 Å². The molecule has 1 unspecified atom stereocenters. The molecule has 0 radical (unpaired) electrons. The van der Waals surface area contributed by atoms with Gasteiger partial charge in [0.05, 0.1) is 5.69 Å². The van der Waals surface area contributed by atoms with Crippen molar-refractivity contribution in [2.24, 2.45) is 11.5 Å². The molecule has 0 amide bonds. The van der Waals surface area contributed by atoms with Gasteiger partial charge in [0.25, 0.3) is 0 Å². The summed E-state index contributed by atoms with van der Waals surface area (Å²) in [5.41, 5.74) is 14.4. The largest absolute Gasteiger partial charge is 0.504 e. The zero-order valence-corrected chi connectivity index (χ0v) is 15.3. The molecule has 28 heavy (non-hydrogen) atoms. The molecule has 0 spiro atoms. The summed E-state index contributed by atoms with van der Waals surface area (Å²) in [6.45, 7) is 1.40. The smallest absolute Gasteiger partial charge is 0.323 e. The molecule has 2 atom stereocenters. The Kier molecular flexibility index (Phi) is 6.45. The molecule has 2 rings (SSSR count). The lowest BCUT2D eigenvalue weighted by Crippen LogP contribution is -2.46. The molecule has 9 heteroatoms. The summed E-state index contributed by atoms with van der Waals surface area (Å²) in [5, 5.41) is 27.9. The first-order chi connectivity index (χ1) is 13.1. The lowest BCUT2D eigenvalue weighted by molar-refractivity contribution is -0.142. The second-order valence-corrected chi connectivity index (χ2v) is 6.75. The number of benzene rings is 2. The maximum atomic E-state index is 11.2. The maximum absolute atomic E-state index is 11.2. The minimum atomic E-state index is -1.45. The summed E-state index contributed by atoms with van der Waals surface area (Å²) in [7, 11) is 0. The van der Waals surface area contributed by atoms with Gasteiger partial charge in [0.1, 0.15) is 11.6 Å². The molecular formula is C19H23N3O6. The lowest BCUT2D eigenvalue weighted by Gasteiger charge is -2.19. The first-order valence-electron chi connectivity index (χ1n) is 8.43. The standard InChI is InChI=1S/C19H23N3O6/c1-19(21,18(26)27)10-12-4-7-15(23)16(9-12)28-22-13-5-2-11(3-6-13)8-14(20)17(24)25/h2-7,9,14,22-23H,8,10,20-21H2,1H3,(H,24,25)(H,26,27)/t14-,19?/m0/s1. The average molecular weight is 389 g/mol.